The molecule has 1 aliphatic heterocycles. The number of hydrazine groups is 1. The molecule has 0 spiro atoms. The molecule has 1 aromatic carbocycles. The van der Waals surface area contributed by atoms with Crippen LogP contribution in [0.1, 0.15) is 51.1 Å². The number of hydrogen-bond acceptors (Lipinski definition) is 5. The first-order chi connectivity index (χ1) is 13.9. The van der Waals surface area contributed by atoms with Crippen LogP contribution in [0.15, 0.2) is 30.4 Å². The van der Waals surface area contributed by atoms with Crippen molar-refractivity contribution in [2.45, 2.75) is 51.1 Å². The molecular weight excluding hydrogens is 375 g/mol. The molecule has 1 aromatic rings. The monoisotopic (exact) mass is 404 g/mol. The summed E-state index contributed by atoms with van der Waals surface area (Å²) >= 11 is 0. The average Bonchev–Trinajstić information content (AvgIpc) is 3.46. The number of rotatable bonds is 11. The number of carbonyl (C=O) groups excluding carboxylic acids is 2. The van der Waals surface area contributed by atoms with Gasteiger partial charge in [-0.05, 0) is 63.1 Å². The minimum atomic E-state index is -0.844. The predicted molar refractivity (Wildman–Crippen MR) is 108 cm³/mol. The maximum atomic E-state index is 13.9. The van der Waals surface area contributed by atoms with Crippen molar-refractivity contribution in [2.75, 3.05) is 13.2 Å². The summed E-state index contributed by atoms with van der Waals surface area (Å²) < 4.78 is 19.5. The van der Waals surface area contributed by atoms with E-state index in [1.54, 1.807) is 19.1 Å². The number of halogens is 1. The highest BCUT2D eigenvalue weighted by atomic mass is 19.1. The fourth-order valence-corrected chi connectivity index (χ4v) is 3.08. The van der Waals surface area contributed by atoms with Crippen molar-refractivity contribution in [3.8, 4) is 5.75 Å². The number of carbonyl (C=O) groups is 2. The lowest BCUT2D eigenvalue weighted by molar-refractivity contribution is -0.123. The summed E-state index contributed by atoms with van der Waals surface area (Å²) in [5.74, 6) is 0.256. The minimum absolute atomic E-state index is 0.0245. The van der Waals surface area contributed by atoms with Gasteiger partial charge in [-0.3, -0.25) is 21.0 Å². The third kappa shape index (κ3) is 6.01. The van der Waals surface area contributed by atoms with Crippen molar-refractivity contribution < 1.29 is 18.7 Å². The van der Waals surface area contributed by atoms with Crippen molar-refractivity contribution >= 4 is 11.9 Å². The van der Waals surface area contributed by atoms with Crippen LogP contribution in [0.5, 0.6) is 5.75 Å². The Morgan fingerprint density at radius 2 is 2.14 bits per heavy atom. The normalized spacial score (nSPS) is 22.6. The third-order valence-corrected chi connectivity index (χ3v) is 5.26. The molecule has 29 heavy (non-hydrogen) atoms. The summed E-state index contributed by atoms with van der Waals surface area (Å²) in [6.07, 6.45) is 7.44. The molecule has 2 fully saturated rings. The standard InChI is InChI=1S/C21H29FN4O3/c1-14(16-8-9-17(22)18(12-16)29-13-15-6-7-15)26-23-11-5-3-4-10-21(2)19(27)24-20(28)25-21/h3,5,8-9,12,14-15,23,26H,4,6-7,10-11,13H2,1-2H3,(H2,24,25,27,28)/b5-3+. The summed E-state index contributed by atoms with van der Waals surface area (Å²) in [7, 11) is 0. The SMILES string of the molecule is CC(NNC/C=C/CCC1(C)NC(=O)NC1=O)c1ccc(F)c(OCC2CC2)c1. The molecule has 2 atom stereocenters. The van der Waals surface area contributed by atoms with Crippen molar-refractivity contribution in [3.63, 3.8) is 0 Å². The van der Waals surface area contributed by atoms with Gasteiger partial charge in [0.2, 0.25) is 0 Å². The van der Waals surface area contributed by atoms with Gasteiger partial charge in [-0.25, -0.2) is 9.18 Å². The van der Waals surface area contributed by atoms with Crippen molar-refractivity contribution in [2.24, 2.45) is 5.92 Å². The number of allylic oxidation sites excluding steroid dienone is 1. The molecule has 3 rings (SSSR count). The molecule has 0 aromatic heterocycles. The molecule has 2 unspecified atom stereocenters. The Bertz CT molecular complexity index is 781. The maximum absolute atomic E-state index is 13.9. The van der Waals surface area contributed by atoms with Crippen LogP contribution >= 0.6 is 0 Å². The van der Waals surface area contributed by atoms with Crippen LogP contribution in [0.3, 0.4) is 0 Å². The van der Waals surface area contributed by atoms with Gasteiger partial charge in [0.05, 0.1) is 6.61 Å². The van der Waals surface area contributed by atoms with E-state index in [1.165, 1.54) is 6.07 Å². The van der Waals surface area contributed by atoms with E-state index >= 15 is 0 Å². The molecule has 1 heterocycles. The number of hydrogen-bond donors (Lipinski definition) is 4. The number of urea groups is 1. The third-order valence-electron chi connectivity index (χ3n) is 5.26. The van der Waals surface area contributed by atoms with Crippen LogP contribution in [0.4, 0.5) is 9.18 Å². The lowest BCUT2D eigenvalue weighted by Crippen LogP contribution is -2.43. The van der Waals surface area contributed by atoms with Crippen molar-refractivity contribution in [1.82, 2.24) is 21.5 Å². The number of benzene rings is 1. The van der Waals surface area contributed by atoms with Crippen LogP contribution < -0.4 is 26.2 Å². The lowest BCUT2D eigenvalue weighted by Gasteiger charge is -2.19. The second-order valence-electron chi connectivity index (χ2n) is 7.94. The smallest absolute Gasteiger partial charge is 0.322 e. The summed E-state index contributed by atoms with van der Waals surface area (Å²) in [6.45, 7) is 4.87. The lowest BCUT2D eigenvalue weighted by atomic mass is 9.96. The van der Waals surface area contributed by atoms with E-state index in [0.717, 1.165) is 18.4 Å². The highest BCUT2D eigenvalue weighted by Crippen LogP contribution is 2.31. The fraction of sp³-hybridized carbons (Fsp3) is 0.524. The van der Waals surface area contributed by atoms with E-state index in [1.807, 2.05) is 19.1 Å². The molecule has 158 valence electrons. The Morgan fingerprint density at radius 1 is 1.34 bits per heavy atom. The number of amides is 3. The van der Waals surface area contributed by atoms with Gasteiger partial charge in [-0.15, -0.1) is 0 Å². The molecule has 4 N–H and O–H groups in total. The summed E-state index contributed by atoms with van der Waals surface area (Å²) in [6, 6.07) is 4.46. The molecule has 1 saturated carbocycles. The highest BCUT2D eigenvalue weighted by Gasteiger charge is 2.40. The topological polar surface area (TPSA) is 91.5 Å². The predicted octanol–water partition coefficient (Wildman–Crippen LogP) is 2.70. The van der Waals surface area contributed by atoms with E-state index in [0.29, 0.717) is 37.7 Å². The van der Waals surface area contributed by atoms with Gasteiger partial charge < -0.3 is 10.1 Å². The summed E-state index contributed by atoms with van der Waals surface area (Å²) in [5, 5.41) is 4.90. The zero-order valence-electron chi connectivity index (χ0n) is 16.9. The van der Waals surface area contributed by atoms with Gasteiger partial charge in [0.1, 0.15) is 5.54 Å². The van der Waals surface area contributed by atoms with Gasteiger partial charge in [0.25, 0.3) is 5.91 Å². The second-order valence-corrected chi connectivity index (χ2v) is 7.94. The second kappa shape index (κ2) is 9.37. The van der Waals surface area contributed by atoms with Crippen molar-refractivity contribution in [3.05, 3.63) is 41.7 Å². The quantitative estimate of drug-likeness (QED) is 0.197. The Labute approximate surface area is 170 Å². The molecular formula is C21H29FN4O3. The zero-order valence-corrected chi connectivity index (χ0v) is 16.9. The van der Waals surface area contributed by atoms with E-state index in [-0.39, 0.29) is 17.8 Å². The Hall–Kier alpha value is -2.45. The van der Waals surface area contributed by atoms with Crippen LogP contribution in [0, 0.1) is 11.7 Å². The largest absolute Gasteiger partial charge is 0.490 e. The fourth-order valence-electron chi connectivity index (χ4n) is 3.08. The van der Waals surface area contributed by atoms with E-state index in [9.17, 15) is 14.0 Å². The van der Waals surface area contributed by atoms with Gasteiger partial charge in [-0.1, -0.05) is 18.2 Å². The zero-order chi connectivity index (χ0) is 20.9. The van der Waals surface area contributed by atoms with Gasteiger partial charge in [0, 0.05) is 12.6 Å². The number of imide groups is 1. The Morgan fingerprint density at radius 3 is 2.83 bits per heavy atom. The Balaban J connectivity index is 1.36. The first-order valence-electron chi connectivity index (χ1n) is 10.1. The molecule has 0 bridgehead atoms. The van der Waals surface area contributed by atoms with Gasteiger partial charge in [0.15, 0.2) is 11.6 Å². The summed E-state index contributed by atoms with van der Waals surface area (Å²) in [4.78, 5) is 23.0. The van der Waals surface area contributed by atoms with Crippen LogP contribution in [0.25, 0.3) is 0 Å². The first kappa shape index (κ1) is 21.3. The van der Waals surface area contributed by atoms with Crippen LogP contribution in [-0.2, 0) is 4.79 Å². The maximum Gasteiger partial charge on any atom is 0.322 e. The number of ether oxygens (including phenoxy) is 1. The number of nitrogens with one attached hydrogen (secondary N) is 4. The van der Waals surface area contributed by atoms with Crippen molar-refractivity contribution in [1.29, 1.82) is 0 Å². The van der Waals surface area contributed by atoms with E-state index in [2.05, 4.69) is 21.5 Å². The highest BCUT2D eigenvalue weighted by molar-refractivity contribution is 6.06. The molecule has 7 nitrogen and oxygen atoms in total. The average molecular weight is 404 g/mol. The van der Waals surface area contributed by atoms with Gasteiger partial charge in [-0.2, -0.15) is 0 Å². The first-order valence-corrected chi connectivity index (χ1v) is 10.1. The van der Waals surface area contributed by atoms with Gasteiger partial charge >= 0.3 is 6.03 Å². The molecule has 0 radical (unpaired) electrons. The minimum Gasteiger partial charge on any atom is -0.490 e. The van der Waals surface area contributed by atoms with E-state index < -0.39 is 11.6 Å². The van der Waals surface area contributed by atoms with Crippen LogP contribution in [0.2, 0.25) is 0 Å². The molecule has 1 saturated heterocycles. The van der Waals surface area contributed by atoms with Crippen LogP contribution in [-0.4, -0.2) is 30.6 Å². The Kier molecular flexibility index (Phi) is 6.87. The summed E-state index contributed by atoms with van der Waals surface area (Å²) in [5.41, 5.74) is 6.38. The molecule has 1 aliphatic carbocycles. The van der Waals surface area contributed by atoms with E-state index in [4.69, 9.17) is 4.74 Å². The molecule has 2 aliphatic rings. The molecule has 8 heteroatoms. The molecule has 3 amide bonds.